The zero-order valence-electron chi connectivity index (χ0n) is 14.9. The first-order valence-corrected chi connectivity index (χ1v) is 9.67. The third-order valence-electron chi connectivity index (χ3n) is 3.80. The van der Waals surface area contributed by atoms with Crippen molar-refractivity contribution in [3.8, 4) is 0 Å². The lowest BCUT2D eigenvalue weighted by Crippen LogP contribution is -2.25. The van der Waals surface area contributed by atoms with E-state index in [-0.39, 0.29) is 36.8 Å². The molecule has 0 fully saturated rings. The number of nitro groups is 2. The Morgan fingerprint density at radius 1 is 1.03 bits per heavy atom. The van der Waals surface area contributed by atoms with Crippen LogP contribution in [0.3, 0.4) is 0 Å². The average molecular weight is 423 g/mol. The van der Waals surface area contributed by atoms with Gasteiger partial charge in [0.25, 0.3) is 11.4 Å². The first kappa shape index (κ1) is 21.7. The minimum Gasteiger partial charge on any atom is -0.379 e. The molecule has 2 aromatic rings. The van der Waals surface area contributed by atoms with Gasteiger partial charge in [-0.2, -0.15) is 0 Å². The van der Waals surface area contributed by atoms with Gasteiger partial charge in [0.15, 0.2) is 0 Å². The number of benzene rings is 2. The standard InChI is InChI=1S/C16H17N5O7S/c17-29(27,28)13-5-6-14(15(9-13)21(25)26)18-8-7-16(22)19-10-11-1-3-12(4-2-11)20(23)24/h1-6,9,18H,7-8,10H2,(H,19,22)(H2,17,27,28). The van der Waals surface area contributed by atoms with Crippen LogP contribution >= 0.6 is 0 Å². The summed E-state index contributed by atoms with van der Waals surface area (Å²) in [4.78, 5) is 32.0. The molecule has 0 aliphatic heterocycles. The van der Waals surface area contributed by atoms with Crippen LogP contribution in [0, 0.1) is 20.2 Å². The summed E-state index contributed by atoms with van der Waals surface area (Å²) in [6, 6.07) is 8.86. The van der Waals surface area contributed by atoms with E-state index in [1.165, 1.54) is 30.3 Å². The molecule has 13 heteroatoms. The minimum absolute atomic E-state index is 0.0128. The zero-order valence-corrected chi connectivity index (χ0v) is 15.7. The van der Waals surface area contributed by atoms with Gasteiger partial charge in [-0.1, -0.05) is 12.1 Å². The molecular weight excluding hydrogens is 406 g/mol. The van der Waals surface area contributed by atoms with E-state index >= 15 is 0 Å². The molecule has 0 aliphatic carbocycles. The first-order valence-electron chi connectivity index (χ1n) is 8.13. The molecule has 0 radical (unpaired) electrons. The van der Waals surface area contributed by atoms with Crippen LogP contribution in [-0.2, 0) is 21.4 Å². The maximum Gasteiger partial charge on any atom is 0.293 e. The molecule has 0 saturated carbocycles. The molecule has 0 heterocycles. The van der Waals surface area contributed by atoms with Crippen LogP contribution in [-0.4, -0.2) is 30.7 Å². The van der Waals surface area contributed by atoms with Crippen molar-refractivity contribution in [2.75, 3.05) is 11.9 Å². The molecule has 1 amide bonds. The van der Waals surface area contributed by atoms with Crippen molar-refractivity contribution >= 4 is 33.0 Å². The average Bonchev–Trinajstić information content (AvgIpc) is 2.65. The van der Waals surface area contributed by atoms with Crippen molar-refractivity contribution in [2.45, 2.75) is 17.9 Å². The van der Waals surface area contributed by atoms with Gasteiger partial charge >= 0.3 is 0 Å². The predicted octanol–water partition coefficient (Wildman–Crippen LogP) is 1.27. The lowest BCUT2D eigenvalue weighted by atomic mass is 10.2. The second kappa shape index (κ2) is 9.07. The summed E-state index contributed by atoms with van der Waals surface area (Å²) in [6.07, 6.45) is -0.0128. The molecule has 29 heavy (non-hydrogen) atoms. The zero-order chi connectivity index (χ0) is 21.6. The third kappa shape index (κ3) is 6.22. The van der Waals surface area contributed by atoms with E-state index in [1.54, 1.807) is 0 Å². The SMILES string of the molecule is NS(=O)(=O)c1ccc(NCCC(=O)NCc2ccc([N+](=O)[O-])cc2)c([N+](=O)[O-])c1. The number of nitrogens with zero attached hydrogens (tertiary/aromatic N) is 2. The van der Waals surface area contributed by atoms with Crippen molar-refractivity contribution < 1.29 is 23.1 Å². The minimum atomic E-state index is -4.08. The molecule has 2 rings (SSSR count). The Kier molecular flexibility index (Phi) is 6.80. The number of hydrogen-bond acceptors (Lipinski definition) is 8. The summed E-state index contributed by atoms with van der Waals surface area (Å²) in [5, 5.41) is 32.0. The van der Waals surface area contributed by atoms with Crippen LogP contribution in [0.25, 0.3) is 0 Å². The monoisotopic (exact) mass is 423 g/mol. The normalized spacial score (nSPS) is 10.9. The van der Waals surface area contributed by atoms with E-state index in [9.17, 15) is 33.4 Å². The molecule has 0 aromatic heterocycles. The van der Waals surface area contributed by atoms with Crippen LogP contribution < -0.4 is 15.8 Å². The highest BCUT2D eigenvalue weighted by Gasteiger charge is 2.19. The summed E-state index contributed by atoms with van der Waals surface area (Å²) >= 11 is 0. The van der Waals surface area contributed by atoms with Gasteiger partial charge in [-0.15, -0.1) is 0 Å². The molecular formula is C16H17N5O7S. The number of carbonyl (C=O) groups is 1. The predicted molar refractivity (Wildman–Crippen MR) is 103 cm³/mol. The summed E-state index contributed by atoms with van der Waals surface area (Å²) in [5.74, 6) is -0.348. The Morgan fingerprint density at radius 2 is 1.69 bits per heavy atom. The van der Waals surface area contributed by atoms with Gasteiger partial charge in [0.1, 0.15) is 5.69 Å². The number of nitrogens with one attached hydrogen (secondary N) is 2. The summed E-state index contributed by atoms with van der Waals surface area (Å²) < 4.78 is 22.6. The highest BCUT2D eigenvalue weighted by molar-refractivity contribution is 7.89. The number of anilines is 1. The second-order valence-corrected chi connectivity index (χ2v) is 7.42. The maximum absolute atomic E-state index is 11.9. The van der Waals surface area contributed by atoms with Crippen LogP contribution in [0.15, 0.2) is 47.4 Å². The number of rotatable bonds is 9. The molecule has 154 valence electrons. The summed E-state index contributed by atoms with van der Waals surface area (Å²) in [6.45, 7) is 0.224. The fourth-order valence-electron chi connectivity index (χ4n) is 2.32. The van der Waals surface area contributed by atoms with Crippen molar-refractivity contribution in [3.05, 3.63) is 68.3 Å². The number of nitrogens with two attached hydrogens (primary N) is 1. The number of non-ortho nitro benzene ring substituents is 1. The molecule has 0 atom stereocenters. The number of hydrogen-bond donors (Lipinski definition) is 3. The molecule has 0 bridgehead atoms. The molecule has 4 N–H and O–H groups in total. The van der Waals surface area contributed by atoms with E-state index < -0.39 is 30.5 Å². The van der Waals surface area contributed by atoms with Gasteiger partial charge < -0.3 is 10.6 Å². The smallest absolute Gasteiger partial charge is 0.293 e. The van der Waals surface area contributed by atoms with Gasteiger partial charge in [-0.3, -0.25) is 25.0 Å². The largest absolute Gasteiger partial charge is 0.379 e. The highest BCUT2D eigenvalue weighted by atomic mass is 32.2. The molecule has 2 aromatic carbocycles. The quantitative estimate of drug-likeness (QED) is 0.397. The molecule has 0 spiro atoms. The Balaban J connectivity index is 1.89. The molecule has 0 saturated heterocycles. The van der Waals surface area contributed by atoms with Crippen molar-refractivity contribution in [1.82, 2.24) is 5.32 Å². The van der Waals surface area contributed by atoms with Gasteiger partial charge in [0, 0.05) is 37.7 Å². The topological polar surface area (TPSA) is 188 Å². The van der Waals surface area contributed by atoms with Crippen molar-refractivity contribution in [2.24, 2.45) is 5.14 Å². The Hall–Kier alpha value is -3.58. The number of primary sulfonamides is 1. The molecule has 0 unspecified atom stereocenters. The van der Waals surface area contributed by atoms with E-state index in [0.29, 0.717) is 5.56 Å². The van der Waals surface area contributed by atoms with E-state index in [4.69, 9.17) is 5.14 Å². The third-order valence-corrected chi connectivity index (χ3v) is 4.71. The van der Waals surface area contributed by atoms with E-state index in [1.807, 2.05) is 0 Å². The van der Waals surface area contributed by atoms with Crippen molar-refractivity contribution in [3.63, 3.8) is 0 Å². The van der Waals surface area contributed by atoms with E-state index in [2.05, 4.69) is 10.6 Å². The van der Waals surface area contributed by atoms with Crippen molar-refractivity contribution in [1.29, 1.82) is 0 Å². The Morgan fingerprint density at radius 3 is 2.24 bits per heavy atom. The van der Waals surface area contributed by atoms with Crippen LogP contribution in [0.1, 0.15) is 12.0 Å². The van der Waals surface area contributed by atoms with Gasteiger partial charge in [0.2, 0.25) is 15.9 Å². The number of sulfonamides is 1. The Labute approximate surface area is 165 Å². The Bertz CT molecular complexity index is 1040. The fraction of sp³-hybridized carbons (Fsp3) is 0.188. The highest BCUT2D eigenvalue weighted by Crippen LogP contribution is 2.27. The number of nitro benzene ring substituents is 2. The van der Waals surface area contributed by atoms with Gasteiger partial charge in [-0.25, -0.2) is 13.6 Å². The first-order chi connectivity index (χ1) is 13.6. The summed E-state index contributed by atoms with van der Waals surface area (Å²) in [7, 11) is -4.08. The summed E-state index contributed by atoms with van der Waals surface area (Å²) in [5.41, 5.74) is 0.179. The molecule has 12 nitrogen and oxygen atoms in total. The van der Waals surface area contributed by atoms with Crippen LogP contribution in [0.4, 0.5) is 17.1 Å². The van der Waals surface area contributed by atoms with Crippen LogP contribution in [0.2, 0.25) is 0 Å². The van der Waals surface area contributed by atoms with E-state index in [0.717, 1.165) is 12.1 Å². The maximum atomic E-state index is 11.9. The van der Waals surface area contributed by atoms with Gasteiger partial charge in [0.05, 0.1) is 14.7 Å². The van der Waals surface area contributed by atoms with Crippen LogP contribution in [0.5, 0.6) is 0 Å². The van der Waals surface area contributed by atoms with Gasteiger partial charge in [-0.05, 0) is 17.7 Å². The second-order valence-electron chi connectivity index (χ2n) is 5.86. The fourth-order valence-corrected chi connectivity index (χ4v) is 2.86. The number of amides is 1. The molecule has 0 aliphatic rings. The lowest BCUT2D eigenvalue weighted by molar-refractivity contribution is -0.384. The number of carbonyl (C=O) groups excluding carboxylic acids is 1. The lowest BCUT2D eigenvalue weighted by Gasteiger charge is -2.09.